The van der Waals surface area contributed by atoms with E-state index in [4.69, 9.17) is 9.88 Å². The maximum absolute atomic E-state index is 13.7. The molecule has 0 atom stereocenters. The van der Waals surface area contributed by atoms with Crippen LogP contribution in [0.1, 0.15) is 5.56 Å². The van der Waals surface area contributed by atoms with Crippen molar-refractivity contribution in [3.05, 3.63) is 59.4 Å². The molecule has 0 unspecified atom stereocenters. The van der Waals surface area contributed by atoms with Gasteiger partial charge in [-0.05, 0) is 23.8 Å². The first kappa shape index (κ1) is 15.3. The molecular formula is C13H10F3NO3S. The number of halogens is 3. The summed E-state index contributed by atoms with van der Waals surface area (Å²) in [6.45, 7) is -0.231. The number of benzene rings is 2. The fourth-order valence-corrected chi connectivity index (χ4v) is 2.32. The van der Waals surface area contributed by atoms with Crippen molar-refractivity contribution < 1.29 is 26.3 Å². The first-order valence-electron chi connectivity index (χ1n) is 5.66. The molecule has 0 spiro atoms. The maximum Gasteiger partial charge on any atom is 0.241 e. The number of hydrogen-bond donors (Lipinski definition) is 1. The number of primary sulfonamides is 1. The highest BCUT2D eigenvalue weighted by Gasteiger charge is 2.21. The van der Waals surface area contributed by atoms with Crippen LogP contribution in [0.3, 0.4) is 0 Å². The summed E-state index contributed by atoms with van der Waals surface area (Å²) in [7, 11) is -4.35. The molecule has 2 rings (SSSR count). The summed E-state index contributed by atoms with van der Waals surface area (Å²) >= 11 is 0. The molecule has 21 heavy (non-hydrogen) atoms. The van der Waals surface area contributed by atoms with Crippen molar-refractivity contribution in [1.29, 1.82) is 0 Å². The number of nitrogens with two attached hydrogens (primary N) is 1. The summed E-state index contributed by atoms with van der Waals surface area (Å²) in [4.78, 5) is -0.790. The Kier molecular flexibility index (Phi) is 4.19. The smallest absolute Gasteiger partial charge is 0.241 e. The van der Waals surface area contributed by atoms with Gasteiger partial charge in [-0.15, -0.1) is 0 Å². The Labute approximate surface area is 119 Å². The van der Waals surface area contributed by atoms with Crippen molar-refractivity contribution >= 4 is 10.0 Å². The van der Waals surface area contributed by atoms with E-state index in [1.165, 1.54) is 24.3 Å². The van der Waals surface area contributed by atoms with Gasteiger partial charge in [0.05, 0.1) is 0 Å². The zero-order chi connectivity index (χ0) is 15.6. The average Bonchev–Trinajstić information content (AvgIpc) is 2.38. The Hall–Kier alpha value is -2.06. The molecule has 2 aromatic rings. The van der Waals surface area contributed by atoms with Gasteiger partial charge in [0.25, 0.3) is 0 Å². The van der Waals surface area contributed by atoms with Crippen LogP contribution in [0.25, 0.3) is 0 Å². The molecule has 0 aliphatic rings. The zero-order valence-electron chi connectivity index (χ0n) is 10.5. The van der Waals surface area contributed by atoms with Crippen LogP contribution in [0.4, 0.5) is 13.2 Å². The summed E-state index contributed by atoms with van der Waals surface area (Å²) < 4.78 is 67.2. The lowest BCUT2D eigenvalue weighted by atomic mass is 10.2. The Morgan fingerprint density at radius 3 is 2.19 bits per heavy atom. The van der Waals surface area contributed by atoms with Gasteiger partial charge in [-0.25, -0.2) is 26.7 Å². The third-order valence-electron chi connectivity index (χ3n) is 2.58. The summed E-state index contributed by atoms with van der Waals surface area (Å²) in [6.07, 6.45) is 0. The molecule has 2 N–H and O–H groups in total. The molecule has 0 aliphatic carbocycles. The SMILES string of the molecule is NS(=O)(=O)c1cc(F)cc(F)c1OCc1ccc(F)cc1. The monoisotopic (exact) mass is 317 g/mol. The minimum absolute atomic E-state index is 0.231. The van der Waals surface area contributed by atoms with E-state index >= 15 is 0 Å². The van der Waals surface area contributed by atoms with Crippen molar-refractivity contribution in [1.82, 2.24) is 0 Å². The predicted octanol–water partition coefficient (Wildman–Crippen LogP) is 2.33. The zero-order valence-corrected chi connectivity index (χ0v) is 11.3. The van der Waals surface area contributed by atoms with Crippen LogP contribution in [0.2, 0.25) is 0 Å². The first-order valence-corrected chi connectivity index (χ1v) is 7.21. The molecular weight excluding hydrogens is 307 g/mol. The van der Waals surface area contributed by atoms with Crippen LogP contribution >= 0.6 is 0 Å². The van der Waals surface area contributed by atoms with E-state index in [1.807, 2.05) is 0 Å². The fourth-order valence-electron chi connectivity index (χ4n) is 1.62. The molecule has 0 saturated heterocycles. The largest absolute Gasteiger partial charge is 0.484 e. The molecule has 112 valence electrons. The van der Waals surface area contributed by atoms with E-state index in [-0.39, 0.29) is 6.61 Å². The molecule has 0 fully saturated rings. The second-order valence-corrected chi connectivity index (χ2v) is 5.70. The third-order valence-corrected chi connectivity index (χ3v) is 3.49. The highest BCUT2D eigenvalue weighted by atomic mass is 32.2. The quantitative estimate of drug-likeness (QED) is 0.941. The fraction of sp³-hybridized carbons (Fsp3) is 0.0769. The van der Waals surface area contributed by atoms with E-state index in [2.05, 4.69) is 0 Å². The Balaban J connectivity index is 2.33. The first-order chi connectivity index (χ1) is 9.77. The van der Waals surface area contributed by atoms with Gasteiger partial charge < -0.3 is 4.74 Å². The van der Waals surface area contributed by atoms with Crippen LogP contribution in [-0.4, -0.2) is 8.42 Å². The van der Waals surface area contributed by atoms with Crippen LogP contribution in [0, 0.1) is 17.5 Å². The molecule has 4 nitrogen and oxygen atoms in total. The van der Waals surface area contributed by atoms with Gasteiger partial charge in [-0.1, -0.05) is 12.1 Å². The van der Waals surface area contributed by atoms with Crippen molar-refractivity contribution in [3.63, 3.8) is 0 Å². The lowest BCUT2D eigenvalue weighted by molar-refractivity contribution is 0.280. The standard InChI is InChI=1S/C13H10F3NO3S/c14-9-3-1-8(2-4-9)7-20-13-11(16)5-10(15)6-12(13)21(17,18)19/h1-6H,7H2,(H2,17,18,19). The minimum atomic E-state index is -4.35. The Bertz CT molecular complexity index is 761. The van der Waals surface area contributed by atoms with E-state index < -0.39 is 38.1 Å². The topological polar surface area (TPSA) is 69.4 Å². The van der Waals surface area contributed by atoms with Crippen LogP contribution in [-0.2, 0) is 16.6 Å². The minimum Gasteiger partial charge on any atom is -0.484 e. The summed E-state index contributed by atoms with van der Waals surface area (Å²) in [6, 6.07) is 6.15. The van der Waals surface area contributed by atoms with Crippen LogP contribution < -0.4 is 9.88 Å². The van der Waals surface area contributed by atoms with Crippen LogP contribution in [0.5, 0.6) is 5.75 Å². The average molecular weight is 317 g/mol. The molecule has 8 heteroatoms. The molecule has 0 heterocycles. The molecule has 0 bridgehead atoms. The van der Waals surface area contributed by atoms with Crippen molar-refractivity contribution in [3.8, 4) is 5.75 Å². The molecule has 2 aromatic carbocycles. The van der Waals surface area contributed by atoms with E-state index in [1.54, 1.807) is 0 Å². The highest BCUT2D eigenvalue weighted by Crippen LogP contribution is 2.28. The highest BCUT2D eigenvalue weighted by molar-refractivity contribution is 7.89. The molecule has 0 aliphatic heterocycles. The summed E-state index contributed by atoms with van der Waals surface area (Å²) in [5, 5.41) is 4.89. The Morgan fingerprint density at radius 1 is 1.00 bits per heavy atom. The molecule has 0 aromatic heterocycles. The lowest BCUT2D eigenvalue weighted by Crippen LogP contribution is -2.15. The van der Waals surface area contributed by atoms with Crippen LogP contribution in [0.15, 0.2) is 41.3 Å². The van der Waals surface area contributed by atoms with E-state index in [0.29, 0.717) is 17.7 Å². The lowest BCUT2D eigenvalue weighted by Gasteiger charge is -2.11. The van der Waals surface area contributed by atoms with Gasteiger partial charge in [0.1, 0.15) is 23.1 Å². The maximum atomic E-state index is 13.7. The third kappa shape index (κ3) is 3.73. The van der Waals surface area contributed by atoms with Crippen molar-refractivity contribution in [2.45, 2.75) is 11.5 Å². The molecule has 0 saturated carbocycles. The van der Waals surface area contributed by atoms with E-state index in [0.717, 1.165) is 0 Å². The number of ether oxygens (including phenoxy) is 1. The number of rotatable bonds is 4. The van der Waals surface area contributed by atoms with Gasteiger partial charge in [0.2, 0.25) is 10.0 Å². The van der Waals surface area contributed by atoms with Gasteiger partial charge in [0.15, 0.2) is 11.6 Å². The van der Waals surface area contributed by atoms with Gasteiger partial charge >= 0.3 is 0 Å². The van der Waals surface area contributed by atoms with Crippen molar-refractivity contribution in [2.24, 2.45) is 5.14 Å². The molecule has 0 amide bonds. The van der Waals surface area contributed by atoms with Gasteiger partial charge in [0, 0.05) is 6.07 Å². The second kappa shape index (κ2) is 5.74. The Morgan fingerprint density at radius 2 is 1.62 bits per heavy atom. The van der Waals surface area contributed by atoms with Crippen molar-refractivity contribution in [2.75, 3.05) is 0 Å². The normalized spacial score (nSPS) is 11.4. The van der Waals surface area contributed by atoms with Gasteiger partial charge in [-0.3, -0.25) is 0 Å². The number of hydrogen-bond acceptors (Lipinski definition) is 3. The van der Waals surface area contributed by atoms with Gasteiger partial charge in [-0.2, -0.15) is 0 Å². The summed E-state index contributed by atoms with van der Waals surface area (Å²) in [5.41, 5.74) is 0.473. The predicted molar refractivity (Wildman–Crippen MR) is 68.5 cm³/mol. The molecule has 0 radical (unpaired) electrons. The second-order valence-electron chi connectivity index (χ2n) is 4.18. The summed E-state index contributed by atoms with van der Waals surface area (Å²) in [5.74, 6) is -3.42. The van der Waals surface area contributed by atoms with E-state index in [9.17, 15) is 21.6 Å². The number of sulfonamides is 1.